The summed E-state index contributed by atoms with van der Waals surface area (Å²) in [4.78, 5) is 12.6. The van der Waals surface area contributed by atoms with E-state index in [0.29, 0.717) is 13.2 Å². The van der Waals surface area contributed by atoms with E-state index in [9.17, 15) is 4.79 Å². The fourth-order valence-corrected chi connectivity index (χ4v) is 6.46. The smallest absolute Gasteiger partial charge is 0.434 e. The summed E-state index contributed by atoms with van der Waals surface area (Å²) in [6, 6.07) is 9.73. The van der Waals surface area contributed by atoms with Crippen LogP contribution in [0.5, 0.6) is 0 Å². The number of aryl methyl sites for hydroxylation is 2. The summed E-state index contributed by atoms with van der Waals surface area (Å²) in [5, 5.41) is 0. The molecule has 0 fully saturated rings. The Hall–Kier alpha value is -2.29. The second-order valence-electron chi connectivity index (χ2n) is 19.8. The van der Waals surface area contributed by atoms with Crippen LogP contribution in [0.2, 0.25) is 0 Å². The van der Waals surface area contributed by atoms with Gasteiger partial charge in [0, 0.05) is 0 Å². The summed E-state index contributed by atoms with van der Waals surface area (Å²) in [7, 11) is 0. The van der Waals surface area contributed by atoms with Gasteiger partial charge >= 0.3 is 6.16 Å². The standard InChI is InChI=1S/C43H70O3/c1-38(2,3)31-27-35(42(13,14)15)33(40(7,8)9)25-29(31)21-19-23-45-37(44)46-24-20-22-30-26-34(41(10,11)12)36(43(16,17)18)28-32(30)39(4,5)6/h25-28H,19-24H2,1-18H3. The first-order chi connectivity index (χ1) is 20.5. The molecule has 0 unspecified atom stereocenters. The van der Waals surface area contributed by atoms with Crippen LogP contribution in [0.4, 0.5) is 4.79 Å². The van der Waals surface area contributed by atoms with Crippen molar-refractivity contribution in [3.8, 4) is 0 Å². The van der Waals surface area contributed by atoms with Gasteiger partial charge in [0.1, 0.15) is 0 Å². The van der Waals surface area contributed by atoms with Crippen LogP contribution in [0.3, 0.4) is 0 Å². The van der Waals surface area contributed by atoms with E-state index >= 15 is 0 Å². The lowest BCUT2D eigenvalue weighted by atomic mass is 9.71. The summed E-state index contributed by atoms with van der Waals surface area (Å²) in [5.74, 6) is 0. The highest BCUT2D eigenvalue weighted by Gasteiger charge is 2.31. The monoisotopic (exact) mass is 635 g/mol. The largest absolute Gasteiger partial charge is 0.508 e. The molecule has 0 spiro atoms. The predicted molar refractivity (Wildman–Crippen MR) is 199 cm³/mol. The summed E-state index contributed by atoms with van der Waals surface area (Å²) in [5.41, 5.74) is 11.4. The average molecular weight is 635 g/mol. The SMILES string of the molecule is CC(C)(C)c1cc(C(C)(C)C)c(C(C)(C)C)cc1CCCOC(=O)OCCCc1cc(C(C)(C)C)c(C(C)(C)C)cc1C(C)(C)C. The zero-order chi connectivity index (χ0) is 35.7. The second kappa shape index (κ2) is 14.1. The molecule has 46 heavy (non-hydrogen) atoms. The summed E-state index contributed by atoms with van der Waals surface area (Å²) < 4.78 is 11.1. The van der Waals surface area contributed by atoms with Gasteiger partial charge in [0.05, 0.1) is 13.2 Å². The Morgan fingerprint density at radius 2 is 0.652 bits per heavy atom. The number of hydrogen-bond donors (Lipinski definition) is 0. The molecule has 260 valence electrons. The molecule has 0 saturated heterocycles. The van der Waals surface area contributed by atoms with E-state index in [2.05, 4.69) is 149 Å². The lowest BCUT2D eigenvalue weighted by Gasteiger charge is -2.34. The van der Waals surface area contributed by atoms with E-state index in [0.717, 1.165) is 25.7 Å². The number of hydrogen-bond acceptors (Lipinski definition) is 3. The zero-order valence-corrected chi connectivity index (χ0v) is 33.3. The summed E-state index contributed by atoms with van der Waals surface area (Å²) in [6.45, 7) is 42.0. The molecule has 0 saturated carbocycles. The van der Waals surface area contributed by atoms with Gasteiger partial charge < -0.3 is 9.47 Å². The maximum absolute atomic E-state index is 12.6. The van der Waals surface area contributed by atoms with Crippen LogP contribution in [0.15, 0.2) is 24.3 Å². The normalized spacial score (nSPS) is 13.6. The molecule has 0 aromatic heterocycles. The van der Waals surface area contributed by atoms with E-state index in [1.54, 1.807) is 0 Å². The Morgan fingerprint density at radius 1 is 0.413 bits per heavy atom. The number of rotatable bonds is 8. The van der Waals surface area contributed by atoms with Crippen molar-refractivity contribution in [2.45, 2.75) is 183 Å². The molecular formula is C43H70O3. The molecule has 0 heterocycles. The first-order valence-corrected chi connectivity index (χ1v) is 17.7. The Bertz CT molecular complexity index is 1230. The molecule has 0 radical (unpaired) electrons. The molecule has 0 aliphatic rings. The summed E-state index contributed by atoms with van der Waals surface area (Å²) >= 11 is 0. The number of carbonyl (C=O) groups excluding carboxylic acids is 1. The van der Waals surface area contributed by atoms with Gasteiger partial charge in [-0.2, -0.15) is 0 Å². The van der Waals surface area contributed by atoms with Gasteiger partial charge in [-0.15, -0.1) is 0 Å². The highest BCUT2D eigenvalue weighted by Crippen LogP contribution is 2.41. The number of benzene rings is 2. The Labute approximate surface area is 284 Å². The molecular weight excluding hydrogens is 564 g/mol. The number of ether oxygens (including phenoxy) is 2. The van der Waals surface area contributed by atoms with Crippen LogP contribution < -0.4 is 0 Å². The maximum atomic E-state index is 12.6. The zero-order valence-electron chi connectivity index (χ0n) is 33.3. The molecule has 0 N–H and O–H groups in total. The van der Waals surface area contributed by atoms with Gasteiger partial charge in [-0.05, 0) is 103 Å². The van der Waals surface area contributed by atoms with Crippen molar-refractivity contribution in [1.29, 1.82) is 0 Å². The van der Waals surface area contributed by atoms with Gasteiger partial charge in [0.2, 0.25) is 0 Å². The van der Waals surface area contributed by atoms with E-state index in [1.807, 2.05) is 0 Å². The molecule has 0 amide bonds. The van der Waals surface area contributed by atoms with Crippen molar-refractivity contribution < 1.29 is 14.3 Å². The van der Waals surface area contributed by atoms with Crippen molar-refractivity contribution >= 4 is 6.16 Å². The first-order valence-electron chi connectivity index (χ1n) is 17.7. The number of carbonyl (C=O) groups is 1. The third kappa shape index (κ3) is 10.9. The molecule has 2 aromatic rings. The van der Waals surface area contributed by atoms with E-state index < -0.39 is 6.16 Å². The van der Waals surface area contributed by atoms with Crippen LogP contribution in [0.1, 0.15) is 182 Å². The van der Waals surface area contributed by atoms with Crippen LogP contribution in [-0.2, 0) is 54.8 Å². The van der Waals surface area contributed by atoms with Crippen LogP contribution in [0.25, 0.3) is 0 Å². The lowest BCUT2D eigenvalue weighted by Crippen LogP contribution is -2.25. The fourth-order valence-electron chi connectivity index (χ4n) is 6.46. The molecule has 2 aromatic carbocycles. The van der Waals surface area contributed by atoms with E-state index in [1.165, 1.54) is 44.5 Å². The van der Waals surface area contributed by atoms with Crippen molar-refractivity contribution in [1.82, 2.24) is 0 Å². The minimum atomic E-state index is -0.566. The van der Waals surface area contributed by atoms with Crippen molar-refractivity contribution in [3.63, 3.8) is 0 Å². The Morgan fingerprint density at radius 3 is 0.891 bits per heavy atom. The average Bonchev–Trinajstić information content (AvgIpc) is 2.84. The van der Waals surface area contributed by atoms with Crippen molar-refractivity contribution in [3.05, 3.63) is 68.8 Å². The molecule has 3 nitrogen and oxygen atoms in total. The fraction of sp³-hybridized carbons (Fsp3) is 0.698. The second-order valence-corrected chi connectivity index (χ2v) is 19.8. The van der Waals surface area contributed by atoms with Gasteiger partial charge in [0.15, 0.2) is 0 Å². The summed E-state index contributed by atoms with van der Waals surface area (Å²) in [6.07, 6.45) is 2.69. The Kier molecular flexibility index (Phi) is 12.2. The molecule has 2 rings (SSSR count). The topological polar surface area (TPSA) is 35.5 Å². The van der Waals surface area contributed by atoms with Gasteiger partial charge in [-0.1, -0.05) is 149 Å². The minimum absolute atomic E-state index is 0.0269. The lowest BCUT2D eigenvalue weighted by molar-refractivity contribution is 0.0538. The van der Waals surface area contributed by atoms with Crippen LogP contribution in [0, 0.1) is 0 Å². The molecule has 3 heteroatoms. The highest BCUT2D eigenvalue weighted by molar-refractivity contribution is 5.59. The predicted octanol–water partition coefficient (Wildman–Crippen LogP) is 12.2. The maximum Gasteiger partial charge on any atom is 0.508 e. The van der Waals surface area contributed by atoms with E-state index in [4.69, 9.17) is 9.47 Å². The third-order valence-corrected chi connectivity index (χ3v) is 8.96. The minimum Gasteiger partial charge on any atom is -0.434 e. The Balaban J connectivity index is 2.08. The molecule has 0 aliphatic carbocycles. The van der Waals surface area contributed by atoms with Crippen LogP contribution >= 0.6 is 0 Å². The van der Waals surface area contributed by atoms with Crippen molar-refractivity contribution in [2.75, 3.05) is 13.2 Å². The molecule has 0 bridgehead atoms. The third-order valence-electron chi connectivity index (χ3n) is 8.96. The quantitative estimate of drug-likeness (QED) is 0.214. The van der Waals surface area contributed by atoms with E-state index in [-0.39, 0.29) is 32.5 Å². The van der Waals surface area contributed by atoms with Gasteiger partial charge in [-0.3, -0.25) is 0 Å². The van der Waals surface area contributed by atoms with Gasteiger partial charge in [0.25, 0.3) is 0 Å². The van der Waals surface area contributed by atoms with Gasteiger partial charge in [-0.25, -0.2) is 4.79 Å². The highest BCUT2D eigenvalue weighted by atomic mass is 16.7. The first kappa shape index (κ1) is 39.9. The molecule has 0 aliphatic heterocycles. The molecule has 0 atom stereocenters. The van der Waals surface area contributed by atoms with Crippen LogP contribution in [-0.4, -0.2) is 19.4 Å². The van der Waals surface area contributed by atoms with Crippen molar-refractivity contribution in [2.24, 2.45) is 0 Å².